The number of hydrogen-bond donors (Lipinski definition) is 0. The van der Waals surface area contributed by atoms with Gasteiger partial charge in [0, 0.05) is 6.54 Å². The Hall–Kier alpha value is -2.34. The minimum atomic E-state index is -0.127. The van der Waals surface area contributed by atoms with Crippen molar-refractivity contribution in [1.29, 1.82) is 0 Å². The smallest absolute Gasteiger partial charge is 0.316 e. The first-order valence-corrected chi connectivity index (χ1v) is 8.59. The van der Waals surface area contributed by atoms with Crippen LogP contribution in [-0.2, 0) is 4.79 Å². The Kier molecular flexibility index (Phi) is 5.71. The third-order valence-electron chi connectivity index (χ3n) is 3.95. The molecule has 0 saturated carbocycles. The van der Waals surface area contributed by atoms with Gasteiger partial charge in [-0.25, -0.2) is 9.97 Å². The molecule has 1 atom stereocenters. The van der Waals surface area contributed by atoms with Crippen LogP contribution in [0.25, 0.3) is 0 Å². The molecule has 2 heterocycles. The van der Waals surface area contributed by atoms with Gasteiger partial charge in [0.05, 0.1) is 24.0 Å². The highest BCUT2D eigenvalue weighted by molar-refractivity contribution is 6.30. The molecule has 1 saturated heterocycles. The van der Waals surface area contributed by atoms with E-state index < -0.39 is 0 Å². The lowest BCUT2D eigenvalue weighted by Gasteiger charge is -2.32. The number of piperidine rings is 1. The van der Waals surface area contributed by atoms with Gasteiger partial charge in [-0.3, -0.25) is 4.79 Å². The number of amides is 1. The number of benzene rings is 1. The van der Waals surface area contributed by atoms with E-state index in [1.165, 1.54) is 12.4 Å². The molecule has 1 aliphatic rings. The second kappa shape index (κ2) is 8.16. The average molecular weight is 362 g/mol. The predicted octanol–water partition coefficient (Wildman–Crippen LogP) is 2.89. The first-order chi connectivity index (χ1) is 12.1. The summed E-state index contributed by atoms with van der Waals surface area (Å²) in [5.74, 6) is 0.652. The van der Waals surface area contributed by atoms with E-state index in [-0.39, 0.29) is 24.6 Å². The van der Waals surface area contributed by atoms with E-state index in [0.29, 0.717) is 23.9 Å². The van der Waals surface area contributed by atoms with Crippen molar-refractivity contribution in [3.63, 3.8) is 0 Å². The molecule has 0 radical (unpaired) electrons. The molecule has 3 rings (SSSR count). The molecule has 0 spiro atoms. The number of carbonyl (C=O) groups is 1. The van der Waals surface area contributed by atoms with Gasteiger partial charge in [-0.15, -0.1) is 0 Å². The number of carbonyl (C=O) groups excluding carboxylic acids is 1. The summed E-state index contributed by atoms with van der Waals surface area (Å²) in [7, 11) is 0. The number of halogens is 1. The molecule has 0 bridgehead atoms. The van der Waals surface area contributed by atoms with Gasteiger partial charge < -0.3 is 14.4 Å². The second-order valence-electron chi connectivity index (χ2n) is 6.01. The zero-order valence-electron chi connectivity index (χ0n) is 14.0. The Bertz CT molecular complexity index is 724. The van der Waals surface area contributed by atoms with Crippen molar-refractivity contribution in [1.82, 2.24) is 14.9 Å². The zero-order valence-corrected chi connectivity index (χ0v) is 14.8. The Morgan fingerprint density at radius 1 is 1.36 bits per heavy atom. The number of hydrogen-bond acceptors (Lipinski definition) is 5. The van der Waals surface area contributed by atoms with Gasteiger partial charge in [-0.2, -0.15) is 0 Å². The molecule has 1 fully saturated rings. The van der Waals surface area contributed by atoms with Gasteiger partial charge in [0.15, 0.2) is 6.61 Å². The first kappa shape index (κ1) is 17.5. The summed E-state index contributed by atoms with van der Waals surface area (Å²) in [5.41, 5.74) is 1.10. The number of likely N-dealkylation sites (tertiary alicyclic amines) is 1. The van der Waals surface area contributed by atoms with Gasteiger partial charge in [-0.1, -0.05) is 23.7 Å². The maximum atomic E-state index is 12.4. The zero-order chi connectivity index (χ0) is 17.6. The number of ether oxygens (including phenoxy) is 2. The molecule has 1 amide bonds. The van der Waals surface area contributed by atoms with Crippen molar-refractivity contribution in [3.8, 4) is 11.8 Å². The Balaban J connectivity index is 1.51. The fraction of sp³-hybridized carbons (Fsp3) is 0.389. The van der Waals surface area contributed by atoms with Gasteiger partial charge in [0.25, 0.3) is 5.91 Å². The Labute approximate surface area is 151 Å². The highest BCUT2D eigenvalue weighted by Crippen LogP contribution is 2.17. The molecule has 0 N–H and O–H groups in total. The molecule has 1 aromatic heterocycles. The summed E-state index contributed by atoms with van der Waals surface area (Å²) in [6, 6.07) is 7.93. The van der Waals surface area contributed by atoms with Gasteiger partial charge in [-0.05, 0) is 37.5 Å². The monoisotopic (exact) mass is 361 g/mol. The lowest BCUT2D eigenvalue weighted by Crippen LogP contribution is -2.46. The van der Waals surface area contributed by atoms with E-state index in [1.54, 1.807) is 4.90 Å². The molecule has 1 aliphatic heterocycles. The van der Waals surface area contributed by atoms with Gasteiger partial charge >= 0.3 is 6.01 Å². The maximum Gasteiger partial charge on any atom is 0.316 e. The van der Waals surface area contributed by atoms with Crippen molar-refractivity contribution < 1.29 is 14.3 Å². The third kappa shape index (κ3) is 5.06. The highest BCUT2D eigenvalue weighted by Gasteiger charge is 2.25. The van der Waals surface area contributed by atoms with Crippen LogP contribution in [0.5, 0.6) is 11.8 Å². The number of aromatic nitrogens is 2. The Morgan fingerprint density at radius 2 is 2.16 bits per heavy atom. The largest absolute Gasteiger partial charge is 0.484 e. The summed E-state index contributed by atoms with van der Waals surface area (Å²) in [6.45, 7) is 3.22. The van der Waals surface area contributed by atoms with Crippen molar-refractivity contribution in [3.05, 3.63) is 47.2 Å². The van der Waals surface area contributed by atoms with Crippen molar-refractivity contribution in [2.45, 2.75) is 25.9 Å². The third-order valence-corrected chi connectivity index (χ3v) is 4.15. The van der Waals surface area contributed by atoms with E-state index in [1.807, 2.05) is 31.2 Å². The van der Waals surface area contributed by atoms with Crippen LogP contribution in [0.15, 0.2) is 36.7 Å². The predicted molar refractivity (Wildman–Crippen MR) is 93.9 cm³/mol. The molecule has 25 heavy (non-hydrogen) atoms. The molecule has 0 aliphatic carbocycles. The number of aryl methyl sites for hydroxylation is 1. The van der Waals surface area contributed by atoms with Crippen LogP contribution in [0.3, 0.4) is 0 Å². The van der Waals surface area contributed by atoms with Crippen LogP contribution in [0, 0.1) is 6.92 Å². The minimum Gasteiger partial charge on any atom is -0.484 e. The molecule has 6 nitrogen and oxygen atoms in total. The first-order valence-electron chi connectivity index (χ1n) is 8.21. The lowest BCUT2D eigenvalue weighted by molar-refractivity contribution is -0.136. The van der Waals surface area contributed by atoms with Crippen LogP contribution in [0.4, 0.5) is 0 Å². The SMILES string of the molecule is Cc1cccc(OCC(=O)N2CCCC(Oc3ncc(Cl)cn3)C2)c1. The van der Waals surface area contributed by atoms with E-state index in [0.717, 1.165) is 18.4 Å². The van der Waals surface area contributed by atoms with Crippen LogP contribution in [0.2, 0.25) is 5.02 Å². The van der Waals surface area contributed by atoms with E-state index in [4.69, 9.17) is 21.1 Å². The van der Waals surface area contributed by atoms with Gasteiger partial charge in [0.2, 0.25) is 0 Å². The fourth-order valence-corrected chi connectivity index (χ4v) is 2.81. The minimum absolute atomic E-state index is 0.0214. The topological polar surface area (TPSA) is 64.5 Å². The van der Waals surface area contributed by atoms with Crippen molar-refractivity contribution in [2.75, 3.05) is 19.7 Å². The molecular formula is C18H20ClN3O3. The van der Waals surface area contributed by atoms with Crippen LogP contribution in [-0.4, -0.2) is 46.6 Å². The van der Waals surface area contributed by atoms with E-state index in [9.17, 15) is 4.79 Å². The van der Waals surface area contributed by atoms with Gasteiger partial charge in [0.1, 0.15) is 11.9 Å². The Morgan fingerprint density at radius 3 is 2.92 bits per heavy atom. The standard InChI is InChI=1S/C18H20ClN3O3/c1-13-4-2-5-15(8-13)24-12-17(23)22-7-3-6-16(11-22)25-18-20-9-14(19)10-21-18/h2,4-5,8-10,16H,3,6-7,11-12H2,1H3. The van der Waals surface area contributed by atoms with Crippen molar-refractivity contribution in [2.24, 2.45) is 0 Å². The normalized spacial score (nSPS) is 17.2. The highest BCUT2D eigenvalue weighted by atomic mass is 35.5. The fourth-order valence-electron chi connectivity index (χ4n) is 2.71. The molecule has 1 unspecified atom stereocenters. The lowest BCUT2D eigenvalue weighted by atomic mass is 10.1. The van der Waals surface area contributed by atoms with Crippen molar-refractivity contribution >= 4 is 17.5 Å². The molecule has 132 valence electrons. The quantitative estimate of drug-likeness (QED) is 0.819. The summed E-state index contributed by atoms with van der Waals surface area (Å²) in [6.07, 6.45) is 4.58. The van der Waals surface area contributed by atoms with E-state index >= 15 is 0 Å². The van der Waals surface area contributed by atoms with Crippen LogP contribution in [0.1, 0.15) is 18.4 Å². The summed E-state index contributed by atoms with van der Waals surface area (Å²) in [4.78, 5) is 22.2. The summed E-state index contributed by atoms with van der Waals surface area (Å²) in [5, 5.41) is 0.459. The second-order valence-corrected chi connectivity index (χ2v) is 6.45. The molecule has 1 aromatic carbocycles. The van der Waals surface area contributed by atoms with Crippen LogP contribution < -0.4 is 9.47 Å². The average Bonchev–Trinajstić information content (AvgIpc) is 2.62. The van der Waals surface area contributed by atoms with E-state index in [2.05, 4.69) is 9.97 Å². The summed E-state index contributed by atoms with van der Waals surface area (Å²) >= 11 is 5.77. The van der Waals surface area contributed by atoms with Crippen LogP contribution >= 0.6 is 11.6 Å². The maximum absolute atomic E-state index is 12.4. The molecule has 2 aromatic rings. The molecular weight excluding hydrogens is 342 g/mol. The summed E-state index contributed by atoms with van der Waals surface area (Å²) < 4.78 is 11.4. The molecule has 7 heteroatoms. The number of rotatable bonds is 5. The number of nitrogens with zero attached hydrogens (tertiary/aromatic N) is 3.